The molecule has 140 valence electrons. The van der Waals surface area contributed by atoms with Crippen LogP contribution in [0.25, 0.3) is 0 Å². The molecule has 2 aromatic heterocycles. The highest BCUT2D eigenvalue weighted by molar-refractivity contribution is 5.05. The van der Waals surface area contributed by atoms with E-state index in [2.05, 4.69) is 26.2 Å². The highest BCUT2D eigenvalue weighted by atomic mass is 16.5. The Morgan fingerprint density at radius 3 is 2.85 bits per heavy atom. The first kappa shape index (κ1) is 17.4. The zero-order valence-electron chi connectivity index (χ0n) is 15.4. The van der Waals surface area contributed by atoms with Crippen LogP contribution < -0.4 is 4.74 Å². The predicted octanol–water partition coefficient (Wildman–Crippen LogP) is 1.91. The van der Waals surface area contributed by atoms with E-state index in [1.54, 1.807) is 18.6 Å². The Hall–Kier alpha value is -1.99. The van der Waals surface area contributed by atoms with Gasteiger partial charge in [0.25, 0.3) is 0 Å². The van der Waals surface area contributed by atoms with Gasteiger partial charge in [0.05, 0.1) is 25.6 Å². The van der Waals surface area contributed by atoms with Gasteiger partial charge in [0.1, 0.15) is 0 Å². The molecule has 4 rings (SSSR count). The van der Waals surface area contributed by atoms with Gasteiger partial charge in [-0.1, -0.05) is 0 Å². The molecule has 1 spiro atoms. The summed E-state index contributed by atoms with van der Waals surface area (Å²) >= 11 is 0. The molecule has 4 heterocycles. The Kier molecular flexibility index (Phi) is 5.17. The molecule has 2 saturated heterocycles. The van der Waals surface area contributed by atoms with Crippen LogP contribution in [0.5, 0.6) is 5.88 Å². The molecule has 7 heteroatoms. The maximum Gasteiger partial charge on any atom is 0.232 e. The fourth-order valence-corrected chi connectivity index (χ4v) is 4.28. The van der Waals surface area contributed by atoms with Gasteiger partial charge in [0.2, 0.25) is 5.88 Å². The quantitative estimate of drug-likeness (QED) is 0.814. The molecule has 26 heavy (non-hydrogen) atoms. The second-order valence-electron chi connectivity index (χ2n) is 7.54. The number of hydrogen-bond donors (Lipinski definition) is 0. The minimum Gasteiger partial charge on any atom is -0.476 e. The summed E-state index contributed by atoms with van der Waals surface area (Å²) in [6.07, 6.45) is 12.6. The van der Waals surface area contributed by atoms with Gasteiger partial charge >= 0.3 is 0 Å². The third-order valence-corrected chi connectivity index (χ3v) is 5.92. The second kappa shape index (κ2) is 7.72. The van der Waals surface area contributed by atoms with Crippen molar-refractivity contribution in [2.24, 2.45) is 18.4 Å². The first-order valence-corrected chi connectivity index (χ1v) is 9.40. The molecule has 0 aromatic carbocycles. The van der Waals surface area contributed by atoms with Gasteiger partial charge in [0, 0.05) is 50.3 Å². The van der Waals surface area contributed by atoms with E-state index in [0.29, 0.717) is 23.8 Å². The molecule has 1 unspecified atom stereocenters. The largest absolute Gasteiger partial charge is 0.476 e. The lowest BCUT2D eigenvalue weighted by Gasteiger charge is -2.48. The molecule has 0 bridgehead atoms. The van der Waals surface area contributed by atoms with Gasteiger partial charge in [-0.05, 0) is 37.8 Å². The van der Waals surface area contributed by atoms with Crippen LogP contribution in [-0.2, 0) is 18.3 Å². The maximum absolute atomic E-state index is 5.92. The van der Waals surface area contributed by atoms with E-state index in [9.17, 15) is 0 Å². The van der Waals surface area contributed by atoms with Crippen molar-refractivity contribution in [1.82, 2.24) is 24.6 Å². The number of nitrogens with zero attached hydrogens (tertiary/aromatic N) is 5. The van der Waals surface area contributed by atoms with Crippen molar-refractivity contribution < 1.29 is 9.47 Å². The lowest BCUT2D eigenvalue weighted by molar-refractivity contribution is -0.0867. The smallest absolute Gasteiger partial charge is 0.232 e. The van der Waals surface area contributed by atoms with Crippen molar-refractivity contribution in [3.05, 3.63) is 36.5 Å². The number of piperidine rings is 1. The number of hydrogen-bond acceptors (Lipinski definition) is 6. The van der Waals surface area contributed by atoms with Crippen molar-refractivity contribution in [3.8, 4) is 5.88 Å². The Morgan fingerprint density at radius 1 is 1.23 bits per heavy atom. The summed E-state index contributed by atoms with van der Waals surface area (Å²) in [7, 11) is 1.97. The summed E-state index contributed by atoms with van der Waals surface area (Å²) in [5.74, 6) is 1.01. The normalized spacial score (nSPS) is 23.2. The number of likely N-dealkylation sites (tertiary alicyclic amines) is 1. The van der Waals surface area contributed by atoms with Crippen molar-refractivity contribution in [2.75, 3.05) is 32.9 Å². The van der Waals surface area contributed by atoms with Gasteiger partial charge < -0.3 is 9.47 Å². The lowest BCUT2D eigenvalue weighted by atomic mass is 9.66. The lowest BCUT2D eigenvalue weighted by Crippen LogP contribution is -2.49. The highest BCUT2D eigenvalue weighted by Gasteiger charge is 2.43. The standard InChI is InChI=1S/C19H27N5O2/c1-23-12-16(10-22-23)13-24-7-2-19(3-8-24)4-9-25-14-17(19)15-26-18-11-20-5-6-21-18/h5-6,10-12,17H,2-4,7-9,13-15H2,1H3. The minimum atomic E-state index is 0.325. The van der Waals surface area contributed by atoms with E-state index >= 15 is 0 Å². The summed E-state index contributed by atoms with van der Waals surface area (Å²) in [5, 5.41) is 4.28. The second-order valence-corrected chi connectivity index (χ2v) is 7.54. The van der Waals surface area contributed by atoms with E-state index in [0.717, 1.165) is 39.3 Å². The fourth-order valence-electron chi connectivity index (χ4n) is 4.28. The molecule has 2 aliphatic heterocycles. The molecular weight excluding hydrogens is 330 g/mol. The number of ether oxygens (including phenoxy) is 2. The van der Waals surface area contributed by atoms with E-state index in [4.69, 9.17) is 9.47 Å². The Balaban J connectivity index is 1.35. The van der Waals surface area contributed by atoms with Gasteiger partial charge in [0.15, 0.2) is 0 Å². The fraction of sp³-hybridized carbons (Fsp3) is 0.632. The van der Waals surface area contributed by atoms with Crippen LogP contribution in [0.4, 0.5) is 0 Å². The molecular formula is C19H27N5O2. The van der Waals surface area contributed by atoms with E-state index in [-0.39, 0.29) is 0 Å². The van der Waals surface area contributed by atoms with E-state index < -0.39 is 0 Å². The molecule has 0 aliphatic carbocycles. The van der Waals surface area contributed by atoms with Crippen molar-refractivity contribution in [1.29, 1.82) is 0 Å². The Labute approximate surface area is 154 Å². The van der Waals surface area contributed by atoms with Crippen LogP contribution >= 0.6 is 0 Å². The van der Waals surface area contributed by atoms with E-state index in [1.807, 2.05) is 17.9 Å². The van der Waals surface area contributed by atoms with Crippen LogP contribution in [-0.4, -0.2) is 57.6 Å². The summed E-state index contributed by atoms with van der Waals surface area (Å²) in [6.45, 7) is 5.53. The average Bonchev–Trinajstić information content (AvgIpc) is 3.09. The van der Waals surface area contributed by atoms with Crippen LogP contribution in [0.15, 0.2) is 31.0 Å². The Bertz CT molecular complexity index is 697. The van der Waals surface area contributed by atoms with Gasteiger partial charge in [-0.2, -0.15) is 5.10 Å². The average molecular weight is 357 g/mol. The summed E-state index contributed by atoms with van der Waals surface area (Å²) < 4.78 is 13.6. The third kappa shape index (κ3) is 3.88. The Morgan fingerprint density at radius 2 is 2.12 bits per heavy atom. The first-order chi connectivity index (χ1) is 12.7. The molecule has 7 nitrogen and oxygen atoms in total. The molecule has 1 atom stereocenters. The zero-order valence-corrected chi connectivity index (χ0v) is 15.4. The van der Waals surface area contributed by atoms with Crippen molar-refractivity contribution in [2.45, 2.75) is 25.8 Å². The van der Waals surface area contributed by atoms with Crippen LogP contribution in [0, 0.1) is 11.3 Å². The molecule has 0 saturated carbocycles. The van der Waals surface area contributed by atoms with Crippen LogP contribution in [0.3, 0.4) is 0 Å². The number of aryl methyl sites for hydroxylation is 1. The van der Waals surface area contributed by atoms with E-state index in [1.165, 1.54) is 18.4 Å². The summed E-state index contributed by atoms with van der Waals surface area (Å²) in [6, 6.07) is 0. The van der Waals surface area contributed by atoms with Gasteiger partial charge in [-0.15, -0.1) is 0 Å². The molecule has 0 N–H and O–H groups in total. The topological polar surface area (TPSA) is 65.3 Å². The number of rotatable bonds is 5. The SMILES string of the molecule is Cn1cc(CN2CCC3(CCOCC3COc3cnccn3)CC2)cn1. The summed E-state index contributed by atoms with van der Waals surface area (Å²) in [4.78, 5) is 10.8. The molecule has 0 amide bonds. The van der Waals surface area contributed by atoms with Crippen molar-refractivity contribution in [3.63, 3.8) is 0 Å². The molecule has 0 radical (unpaired) electrons. The highest BCUT2D eigenvalue weighted by Crippen LogP contribution is 2.45. The molecule has 2 aromatic rings. The van der Waals surface area contributed by atoms with Crippen molar-refractivity contribution >= 4 is 0 Å². The monoisotopic (exact) mass is 357 g/mol. The minimum absolute atomic E-state index is 0.325. The third-order valence-electron chi connectivity index (χ3n) is 5.92. The maximum atomic E-state index is 5.92. The van der Waals surface area contributed by atoms with Gasteiger partial charge in [-0.3, -0.25) is 14.6 Å². The van der Waals surface area contributed by atoms with Crippen LogP contribution in [0.1, 0.15) is 24.8 Å². The zero-order chi connectivity index (χ0) is 17.8. The predicted molar refractivity (Wildman–Crippen MR) is 96.6 cm³/mol. The molecule has 2 aliphatic rings. The van der Waals surface area contributed by atoms with Crippen LogP contribution in [0.2, 0.25) is 0 Å². The first-order valence-electron chi connectivity index (χ1n) is 9.40. The summed E-state index contributed by atoms with van der Waals surface area (Å²) in [5.41, 5.74) is 1.62. The van der Waals surface area contributed by atoms with Gasteiger partial charge in [-0.25, -0.2) is 4.98 Å². The number of aromatic nitrogens is 4. The molecule has 2 fully saturated rings.